The van der Waals surface area contributed by atoms with Crippen molar-refractivity contribution in [1.29, 1.82) is 0 Å². The van der Waals surface area contributed by atoms with E-state index in [4.69, 9.17) is 10.5 Å². The van der Waals surface area contributed by atoms with Crippen LogP contribution in [0.1, 0.15) is 24.0 Å². The summed E-state index contributed by atoms with van der Waals surface area (Å²) in [5.74, 6) is 0. The fourth-order valence-electron chi connectivity index (χ4n) is 1.49. The van der Waals surface area contributed by atoms with Crippen molar-refractivity contribution in [1.82, 2.24) is 15.2 Å². The van der Waals surface area contributed by atoms with Gasteiger partial charge in [0.05, 0.1) is 17.2 Å². The van der Waals surface area contributed by atoms with Crippen molar-refractivity contribution in [3.63, 3.8) is 0 Å². The van der Waals surface area contributed by atoms with Gasteiger partial charge in [-0.05, 0) is 6.42 Å². The maximum atomic E-state index is 5.61. The van der Waals surface area contributed by atoms with Crippen LogP contribution in [0, 0.1) is 0 Å². The summed E-state index contributed by atoms with van der Waals surface area (Å²) in [5.41, 5.74) is 6.68. The van der Waals surface area contributed by atoms with Crippen molar-refractivity contribution in [3.05, 3.63) is 10.7 Å². The number of nitrogens with zero attached hydrogens (tertiary/aromatic N) is 3. The van der Waals surface area contributed by atoms with Gasteiger partial charge in [0.25, 0.3) is 0 Å². The molecule has 2 N–H and O–H groups in total. The van der Waals surface area contributed by atoms with Crippen molar-refractivity contribution in [2.75, 3.05) is 12.8 Å². The van der Waals surface area contributed by atoms with E-state index >= 15 is 0 Å². The molecule has 2 aromatic heterocycles. The maximum absolute atomic E-state index is 5.61. The number of aromatic nitrogens is 3. The van der Waals surface area contributed by atoms with Crippen molar-refractivity contribution in [2.24, 2.45) is 0 Å². The number of anilines is 1. The molecule has 0 aliphatic carbocycles. The zero-order valence-corrected chi connectivity index (χ0v) is 11.4. The number of aryl methyl sites for hydroxylation is 1. The van der Waals surface area contributed by atoms with Crippen molar-refractivity contribution in [3.8, 4) is 9.88 Å². The molecule has 0 atom stereocenters. The van der Waals surface area contributed by atoms with Crippen LogP contribution in [0.2, 0.25) is 0 Å². The molecule has 0 saturated carbocycles. The minimum Gasteiger partial charge on any atom is -0.378 e. The van der Waals surface area contributed by atoms with Crippen LogP contribution in [-0.4, -0.2) is 22.3 Å². The average molecular weight is 270 g/mol. The van der Waals surface area contributed by atoms with Gasteiger partial charge in [0.2, 0.25) is 5.13 Å². The SMILES string of the molecule is CCCc1nc(COC)sc1-c1nnc(N)s1. The van der Waals surface area contributed by atoms with Gasteiger partial charge in [0.15, 0.2) is 5.01 Å². The van der Waals surface area contributed by atoms with Crippen molar-refractivity contribution >= 4 is 27.8 Å². The summed E-state index contributed by atoms with van der Waals surface area (Å²) < 4.78 is 5.11. The zero-order valence-electron chi connectivity index (χ0n) is 9.77. The zero-order chi connectivity index (χ0) is 12.3. The molecule has 17 heavy (non-hydrogen) atoms. The highest BCUT2D eigenvalue weighted by molar-refractivity contribution is 7.23. The second-order valence-corrected chi connectivity index (χ2v) is 5.60. The summed E-state index contributed by atoms with van der Waals surface area (Å²) >= 11 is 3.00. The van der Waals surface area contributed by atoms with Gasteiger partial charge in [0.1, 0.15) is 5.01 Å². The fraction of sp³-hybridized carbons (Fsp3) is 0.500. The molecule has 0 saturated heterocycles. The second-order valence-electron chi connectivity index (χ2n) is 3.51. The van der Waals surface area contributed by atoms with Crippen LogP contribution in [0.3, 0.4) is 0 Å². The minimum absolute atomic E-state index is 0.490. The molecule has 0 aliphatic rings. The molecule has 0 radical (unpaired) electrons. The molecular weight excluding hydrogens is 256 g/mol. The van der Waals surface area contributed by atoms with Crippen LogP contribution in [0.25, 0.3) is 9.88 Å². The first-order valence-corrected chi connectivity index (χ1v) is 6.94. The fourth-order valence-corrected chi connectivity index (χ4v) is 3.27. The summed E-state index contributed by atoms with van der Waals surface area (Å²) in [6, 6.07) is 0. The topological polar surface area (TPSA) is 73.9 Å². The van der Waals surface area contributed by atoms with Crippen LogP contribution in [0.5, 0.6) is 0 Å². The van der Waals surface area contributed by atoms with E-state index in [1.807, 2.05) is 0 Å². The van der Waals surface area contributed by atoms with Gasteiger partial charge in [-0.25, -0.2) is 4.98 Å². The largest absolute Gasteiger partial charge is 0.378 e. The van der Waals surface area contributed by atoms with E-state index in [0.29, 0.717) is 11.7 Å². The third-order valence-corrected chi connectivity index (χ3v) is 4.11. The van der Waals surface area contributed by atoms with Crippen LogP contribution < -0.4 is 5.73 Å². The highest BCUT2D eigenvalue weighted by atomic mass is 32.1. The summed E-state index contributed by atoms with van der Waals surface area (Å²) in [4.78, 5) is 5.64. The van der Waals surface area contributed by atoms with Gasteiger partial charge in [0, 0.05) is 7.11 Å². The Morgan fingerprint density at radius 2 is 2.12 bits per heavy atom. The standard InChI is InChI=1S/C10H14N4OS2/c1-3-4-6-8(9-13-14-10(11)17-9)16-7(12-6)5-15-2/h3-5H2,1-2H3,(H2,11,14). The number of methoxy groups -OCH3 is 1. The molecule has 0 bridgehead atoms. The predicted molar refractivity (Wildman–Crippen MR) is 70.1 cm³/mol. The quantitative estimate of drug-likeness (QED) is 0.902. The number of hydrogen-bond donors (Lipinski definition) is 1. The molecule has 5 nitrogen and oxygen atoms in total. The number of hydrogen-bond acceptors (Lipinski definition) is 7. The van der Waals surface area contributed by atoms with Crippen LogP contribution in [-0.2, 0) is 17.8 Å². The van der Waals surface area contributed by atoms with E-state index in [9.17, 15) is 0 Å². The van der Waals surface area contributed by atoms with Gasteiger partial charge in [-0.2, -0.15) is 0 Å². The number of ether oxygens (including phenoxy) is 1. The first kappa shape index (κ1) is 12.4. The molecule has 0 spiro atoms. The third kappa shape index (κ3) is 2.80. The Labute approximate surface area is 108 Å². The summed E-state index contributed by atoms with van der Waals surface area (Å²) in [6.07, 6.45) is 1.99. The van der Waals surface area contributed by atoms with E-state index in [-0.39, 0.29) is 0 Å². The molecule has 2 heterocycles. The highest BCUT2D eigenvalue weighted by Gasteiger charge is 2.15. The Kier molecular flexibility index (Phi) is 4.03. The Morgan fingerprint density at radius 1 is 1.29 bits per heavy atom. The lowest BCUT2D eigenvalue weighted by molar-refractivity contribution is 0.184. The van der Waals surface area contributed by atoms with E-state index in [1.165, 1.54) is 11.3 Å². The maximum Gasteiger partial charge on any atom is 0.203 e. The molecule has 7 heteroatoms. The van der Waals surface area contributed by atoms with Crippen LogP contribution in [0.4, 0.5) is 5.13 Å². The van der Waals surface area contributed by atoms with Gasteiger partial charge >= 0.3 is 0 Å². The van der Waals surface area contributed by atoms with Crippen LogP contribution >= 0.6 is 22.7 Å². The Hall–Kier alpha value is -1.05. The Bertz CT molecular complexity index is 494. The van der Waals surface area contributed by atoms with Gasteiger partial charge in [-0.1, -0.05) is 24.7 Å². The summed E-state index contributed by atoms with van der Waals surface area (Å²) in [6.45, 7) is 2.67. The smallest absolute Gasteiger partial charge is 0.203 e. The van der Waals surface area contributed by atoms with Gasteiger partial charge < -0.3 is 10.5 Å². The molecule has 92 valence electrons. The van der Waals surface area contributed by atoms with E-state index in [0.717, 1.165) is 33.4 Å². The van der Waals surface area contributed by atoms with Gasteiger partial charge in [-0.15, -0.1) is 21.5 Å². The molecule has 0 aromatic carbocycles. The van der Waals surface area contributed by atoms with Crippen LogP contribution in [0.15, 0.2) is 0 Å². The molecule has 0 fully saturated rings. The van der Waals surface area contributed by atoms with Crippen molar-refractivity contribution < 1.29 is 4.74 Å². The molecule has 0 amide bonds. The molecule has 0 aliphatic heterocycles. The second kappa shape index (κ2) is 5.52. The Balaban J connectivity index is 2.36. The Morgan fingerprint density at radius 3 is 2.71 bits per heavy atom. The normalized spacial score (nSPS) is 10.9. The number of rotatable bonds is 5. The minimum atomic E-state index is 0.490. The monoisotopic (exact) mass is 270 g/mol. The van der Waals surface area contributed by atoms with E-state index in [1.54, 1.807) is 18.4 Å². The molecule has 0 unspecified atom stereocenters. The van der Waals surface area contributed by atoms with E-state index in [2.05, 4.69) is 22.1 Å². The number of nitrogen functional groups attached to an aromatic ring is 1. The lowest BCUT2D eigenvalue weighted by atomic mass is 10.2. The van der Waals surface area contributed by atoms with Gasteiger partial charge in [-0.3, -0.25) is 0 Å². The highest BCUT2D eigenvalue weighted by Crippen LogP contribution is 2.34. The summed E-state index contributed by atoms with van der Waals surface area (Å²) in [5, 5.41) is 10.2. The average Bonchev–Trinajstić information content (AvgIpc) is 2.86. The first-order valence-electron chi connectivity index (χ1n) is 5.31. The summed E-state index contributed by atoms with van der Waals surface area (Å²) in [7, 11) is 1.67. The lowest BCUT2D eigenvalue weighted by Crippen LogP contribution is -1.89. The first-order chi connectivity index (χ1) is 8.24. The lowest BCUT2D eigenvalue weighted by Gasteiger charge is -1.94. The van der Waals surface area contributed by atoms with E-state index < -0.39 is 0 Å². The number of thiazole rings is 1. The molecular formula is C10H14N4OS2. The van der Waals surface area contributed by atoms with Crippen molar-refractivity contribution in [2.45, 2.75) is 26.4 Å². The molecule has 2 rings (SSSR count). The molecule has 2 aromatic rings. The predicted octanol–water partition coefficient (Wildman–Crippen LogP) is 2.34. The number of nitrogens with two attached hydrogens (primary N) is 1. The third-order valence-electron chi connectivity index (χ3n) is 2.13.